The van der Waals surface area contributed by atoms with E-state index < -0.39 is 0 Å². The van der Waals surface area contributed by atoms with Gasteiger partial charge in [0.1, 0.15) is 11.6 Å². The molecular weight excluding hydrogens is 1520 g/mol. The van der Waals surface area contributed by atoms with Crippen LogP contribution in [0.15, 0.2) is 447 Å². The number of furan rings is 1. The number of hydrogen-bond donors (Lipinski definition) is 0. The average molecular weight is 1610 g/mol. The highest BCUT2D eigenvalue weighted by atomic mass is 16.3. The van der Waals surface area contributed by atoms with E-state index in [0.29, 0.717) is 0 Å². The number of hydrogen-bond acceptors (Lipinski definition) is 7. The van der Waals surface area contributed by atoms with Crippen LogP contribution in [0.2, 0.25) is 0 Å². The van der Waals surface area contributed by atoms with Crippen LogP contribution >= 0.6 is 0 Å². The van der Waals surface area contributed by atoms with Crippen LogP contribution in [-0.4, -0.2) is 24.1 Å². The molecule has 0 saturated carbocycles. The van der Waals surface area contributed by atoms with E-state index in [4.69, 9.17) is 14.4 Å². The Morgan fingerprint density at radius 3 is 1.42 bits per heavy atom. The van der Waals surface area contributed by atoms with Gasteiger partial charge in [-0.25, -0.2) is 9.97 Å². The molecule has 3 aliphatic heterocycles. The van der Waals surface area contributed by atoms with E-state index in [2.05, 4.69) is 457 Å². The Hall–Kier alpha value is -16.2. The van der Waals surface area contributed by atoms with Gasteiger partial charge in [0.2, 0.25) is 0 Å². The summed E-state index contributed by atoms with van der Waals surface area (Å²) < 4.78 is 10.8. The zero-order valence-electron chi connectivity index (χ0n) is 69.6. The van der Waals surface area contributed by atoms with Crippen molar-refractivity contribution in [2.24, 2.45) is 5.41 Å². The fourth-order valence-corrected chi connectivity index (χ4v) is 19.5. The topological polar surface area (TPSA) is 71.4 Å². The number of anilines is 8. The Kier molecular flexibility index (Phi) is 18.9. The third-order valence-electron chi connectivity index (χ3n) is 25.0. The van der Waals surface area contributed by atoms with Crippen LogP contribution in [0.4, 0.5) is 45.6 Å². The van der Waals surface area contributed by atoms with Crippen molar-refractivity contribution in [1.29, 1.82) is 0 Å². The van der Waals surface area contributed by atoms with Gasteiger partial charge >= 0.3 is 0 Å². The maximum atomic E-state index is 6.12. The molecule has 0 bridgehead atoms. The maximum Gasteiger partial charge on any atom is 0.158 e. The molecule has 0 saturated heterocycles. The second kappa shape index (κ2) is 31.4. The molecule has 594 valence electrons. The molecule has 6 aromatic heterocycles. The number of aromatic nitrogens is 5. The summed E-state index contributed by atoms with van der Waals surface area (Å²) >= 11 is 0. The number of benzene rings is 14. The summed E-state index contributed by atoms with van der Waals surface area (Å²) in [5.74, 6) is 2.66. The summed E-state index contributed by atoms with van der Waals surface area (Å²) in [5, 5.41) is 2.46. The van der Waals surface area contributed by atoms with Crippen molar-refractivity contribution in [3.63, 3.8) is 0 Å². The van der Waals surface area contributed by atoms with E-state index in [9.17, 15) is 0 Å². The lowest BCUT2D eigenvalue weighted by Crippen LogP contribution is -2.28. The monoisotopic (exact) mass is 1600 g/mol. The van der Waals surface area contributed by atoms with E-state index >= 15 is 0 Å². The molecule has 0 spiro atoms. The molecule has 0 atom stereocenters. The maximum absolute atomic E-state index is 6.12. The number of fused-ring (bicyclic) bond motifs is 17. The van der Waals surface area contributed by atoms with Crippen molar-refractivity contribution < 1.29 is 4.42 Å². The van der Waals surface area contributed by atoms with E-state index in [-0.39, 0.29) is 5.41 Å². The minimum absolute atomic E-state index is 0.380. The third-order valence-corrected chi connectivity index (χ3v) is 25.0. The van der Waals surface area contributed by atoms with Crippen molar-refractivity contribution in [2.75, 3.05) is 14.7 Å². The average Bonchev–Trinajstić information content (AvgIpc) is 1.54. The molecule has 0 unspecified atom stereocenters. The predicted molar refractivity (Wildman–Crippen MR) is 517 cm³/mol. The van der Waals surface area contributed by atoms with Gasteiger partial charge in [-0.3, -0.25) is 14.5 Å². The van der Waals surface area contributed by atoms with Crippen molar-refractivity contribution >= 4 is 84.2 Å². The number of rotatable bonds is 10. The van der Waals surface area contributed by atoms with Gasteiger partial charge < -0.3 is 18.8 Å². The van der Waals surface area contributed by atoms with Gasteiger partial charge in [-0.2, -0.15) is 0 Å². The summed E-state index contributed by atoms with van der Waals surface area (Å²) in [4.78, 5) is 22.5. The predicted octanol–water partition coefficient (Wildman–Crippen LogP) is 30.8. The summed E-state index contributed by atoms with van der Waals surface area (Å²) in [6.45, 7) is 9.20. The molecular formula is C116H84N8O. The van der Waals surface area contributed by atoms with Crippen molar-refractivity contribution in [1.82, 2.24) is 24.1 Å². The third kappa shape index (κ3) is 12.9. The van der Waals surface area contributed by atoms with Crippen molar-refractivity contribution in [2.45, 2.75) is 27.7 Å². The van der Waals surface area contributed by atoms with Crippen LogP contribution in [0.5, 0.6) is 0 Å². The first kappa shape index (κ1) is 75.0. The first-order valence-corrected chi connectivity index (χ1v) is 42.7. The van der Waals surface area contributed by atoms with Crippen molar-refractivity contribution in [3.8, 4) is 101 Å². The Labute approximate surface area is 727 Å². The molecule has 0 amide bonds. The lowest BCUT2D eigenvalue weighted by atomic mass is 9.78. The molecule has 1 aliphatic carbocycles. The van der Waals surface area contributed by atoms with Crippen LogP contribution in [0.25, 0.3) is 140 Å². The van der Waals surface area contributed by atoms with Gasteiger partial charge in [0.25, 0.3) is 0 Å². The SMILES string of the molecule is CC1(C)C(c2ccccc2)=C(c2ccccc2)C2=C1N(c1cccc(-c3ccccn3)n1)c1ccccc1-c1ccccc12.Cc1c2c(n(-c3cc(-c4ccccc4)cc(-c4ccccc4)n3)c1C)-c1ccccc1-c1ccccc1N2c1ccccc1.c1ccc(-n2c3ccccc3c3cc(N4c5ccccc5-c5ccccc5-c5occc54)ccc32)cc1. The zero-order valence-corrected chi connectivity index (χ0v) is 69.6. The van der Waals surface area contributed by atoms with Crippen LogP contribution < -0.4 is 14.7 Å². The van der Waals surface area contributed by atoms with E-state index in [1.54, 1.807) is 6.26 Å². The Morgan fingerprint density at radius 1 is 0.288 bits per heavy atom. The molecule has 9 heterocycles. The summed E-state index contributed by atoms with van der Waals surface area (Å²) in [6, 6.07) is 151. The second-order valence-electron chi connectivity index (χ2n) is 32.6. The number of para-hydroxylation sites is 6. The molecule has 0 N–H and O–H groups in total. The first-order chi connectivity index (χ1) is 61.7. The fraction of sp³-hybridized carbons (Fsp3) is 0.0431. The van der Waals surface area contributed by atoms with E-state index in [0.717, 1.165) is 91.0 Å². The molecule has 9 heteroatoms. The highest BCUT2D eigenvalue weighted by molar-refractivity contribution is 6.25. The first-order valence-electron chi connectivity index (χ1n) is 42.7. The standard InChI is InChI=1S/2C41H31N3.C34H22N2O/c1-28-29(2)43(39-27-32(30-16-6-3-7-17-30)26-37(42-39)31-18-8-4-9-19-31)41-36-24-13-12-22-34(36)35-23-14-15-25-38(35)44(40(28)41)33-20-10-5-11-21-33;1-41(2)39(29-18-7-4-8-19-29)37(28-16-5-3-6-17-28)38-32-22-10-9-20-30(32)31-21-11-12-25-35(31)44(40(38)41)36-26-15-24-34(43-36)33-23-13-14-27-42-33;1-2-10-23(11-3-1)35-31-17-9-7-14-27(31)29-22-24(18-19-32(29)35)36-30-16-8-6-13-26(30)25-12-4-5-15-28(25)34-33(36)20-21-37-34/h2*3-27H,1-2H3;1-22H. The smallest absolute Gasteiger partial charge is 0.158 e. The van der Waals surface area contributed by atoms with Gasteiger partial charge in [0.05, 0.1) is 68.5 Å². The summed E-state index contributed by atoms with van der Waals surface area (Å²) in [5.41, 5.74) is 38.9. The molecule has 9 nitrogen and oxygen atoms in total. The summed E-state index contributed by atoms with van der Waals surface area (Å²) in [6.07, 6.45) is 3.62. The molecule has 125 heavy (non-hydrogen) atoms. The lowest BCUT2D eigenvalue weighted by Gasteiger charge is -2.36. The largest absolute Gasteiger partial charge is 0.462 e. The molecule has 20 aromatic rings. The Bertz CT molecular complexity index is 7520. The van der Waals surface area contributed by atoms with E-state index in [1.165, 1.54) is 128 Å². The van der Waals surface area contributed by atoms with Gasteiger partial charge in [-0.15, -0.1) is 0 Å². The normalized spacial score (nSPS) is 13.1. The molecule has 4 aliphatic rings. The second-order valence-corrected chi connectivity index (χ2v) is 32.6. The van der Waals surface area contributed by atoms with Gasteiger partial charge in [0, 0.05) is 95.9 Å². The fourth-order valence-electron chi connectivity index (χ4n) is 19.5. The lowest BCUT2D eigenvalue weighted by molar-refractivity contribution is 0.583. The molecule has 0 fully saturated rings. The number of allylic oxidation sites excluding steroid dienone is 3. The molecule has 24 rings (SSSR count). The van der Waals surface area contributed by atoms with Gasteiger partial charge in [0.15, 0.2) is 5.76 Å². The minimum atomic E-state index is -0.380. The van der Waals surface area contributed by atoms with E-state index in [1.807, 2.05) is 30.5 Å². The number of pyridine rings is 3. The molecule has 14 aromatic carbocycles. The highest BCUT2D eigenvalue weighted by Gasteiger charge is 2.48. The molecule has 0 radical (unpaired) electrons. The van der Waals surface area contributed by atoms with Gasteiger partial charge in [-0.05, 0) is 178 Å². The van der Waals surface area contributed by atoms with Crippen LogP contribution in [0, 0.1) is 19.3 Å². The zero-order chi connectivity index (χ0) is 83.6. The van der Waals surface area contributed by atoms with Crippen LogP contribution in [-0.2, 0) is 0 Å². The highest BCUT2D eigenvalue weighted by Crippen LogP contribution is 2.64. The number of nitrogens with zero attached hydrogens (tertiary/aromatic N) is 8. The Morgan fingerprint density at radius 2 is 0.776 bits per heavy atom. The van der Waals surface area contributed by atoms with Crippen molar-refractivity contribution in [3.05, 3.63) is 471 Å². The quantitative estimate of drug-likeness (QED) is 0.135. The van der Waals surface area contributed by atoms with Gasteiger partial charge in [-0.1, -0.05) is 329 Å². The van der Waals surface area contributed by atoms with Crippen LogP contribution in [0.3, 0.4) is 0 Å². The Balaban J connectivity index is 0.000000112. The van der Waals surface area contributed by atoms with Crippen LogP contribution in [0.1, 0.15) is 41.8 Å². The summed E-state index contributed by atoms with van der Waals surface area (Å²) in [7, 11) is 0. The minimum Gasteiger partial charge on any atom is -0.462 e.